The summed E-state index contributed by atoms with van der Waals surface area (Å²) in [6.07, 6.45) is 1.64. The number of benzene rings is 2. The van der Waals surface area contributed by atoms with Gasteiger partial charge in [0.2, 0.25) is 5.91 Å². The average molecular weight is 395 g/mol. The molecule has 0 saturated heterocycles. The van der Waals surface area contributed by atoms with Gasteiger partial charge in [-0.2, -0.15) is 0 Å². The highest BCUT2D eigenvalue weighted by Crippen LogP contribution is 2.20. The average Bonchev–Trinajstić information content (AvgIpc) is 2.67. The third kappa shape index (κ3) is 5.83. The number of carbonyl (C=O) groups is 1. The van der Waals surface area contributed by atoms with Gasteiger partial charge in [-0.15, -0.1) is 0 Å². The van der Waals surface area contributed by atoms with Crippen molar-refractivity contribution in [1.82, 2.24) is 5.32 Å². The monoisotopic (exact) mass is 394 g/mol. The molecule has 0 aromatic heterocycles. The summed E-state index contributed by atoms with van der Waals surface area (Å²) in [6.45, 7) is 9.09. The number of nitrogens with zero attached hydrogens (tertiary/aromatic N) is 1. The molecule has 2 aromatic carbocycles. The predicted molar refractivity (Wildman–Crippen MR) is 120 cm³/mol. The van der Waals surface area contributed by atoms with Crippen LogP contribution in [-0.4, -0.2) is 33.1 Å². The van der Waals surface area contributed by atoms with Crippen molar-refractivity contribution >= 4 is 11.6 Å². The zero-order valence-corrected chi connectivity index (χ0v) is 18.6. The van der Waals surface area contributed by atoms with E-state index in [1.54, 1.807) is 0 Å². The van der Waals surface area contributed by atoms with Crippen LogP contribution in [0.1, 0.15) is 49.9 Å². The molecule has 1 heterocycles. The molecule has 0 saturated carbocycles. The van der Waals surface area contributed by atoms with Gasteiger partial charge < -0.3 is 15.1 Å². The molecule has 2 aromatic rings. The van der Waals surface area contributed by atoms with E-state index in [4.69, 9.17) is 0 Å². The van der Waals surface area contributed by atoms with E-state index in [1.807, 2.05) is 0 Å². The molecule has 2 atom stereocenters. The Hall–Kier alpha value is -2.33. The first-order valence-corrected chi connectivity index (χ1v) is 10.7. The highest BCUT2D eigenvalue weighted by atomic mass is 16.1. The maximum Gasteiger partial charge on any atom is 0.220 e. The molecular weight excluding hydrogens is 358 g/mol. The maximum absolute atomic E-state index is 12.5. The lowest BCUT2D eigenvalue weighted by Gasteiger charge is -2.33. The number of hydrogen-bond acceptors (Lipinski definition) is 2. The van der Waals surface area contributed by atoms with Gasteiger partial charge in [-0.25, -0.2) is 0 Å². The summed E-state index contributed by atoms with van der Waals surface area (Å²) in [6, 6.07) is 17.8. The largest absolute Gasteiger partial charge is 0.378 e. The number of amides is 1. The predicted octanol–water partition coefficient (Wildman–Crippen LogP) is 2.99. The quantitative estimate of drug-likeness (QED) is 0.790. The third-order valence-corrected chi connectivity index (χ3v) is 5.75. The fourth-order valence-electron chi connectivity index (χ4n) is 4.16. The van der Waals surface area contributed by atoms with Gasteiger partial charge in [-0.05, 0) is 23.1 Å². The minimum atomic E-state index is 0.00383. The topological polar surface area (TPSA) is 36.8 Å². The molecule has 1 aliphatic heterocycles. The standard InChI is InChI=1S/C25H35N3O/c1-25(2,3)16-24(29)26-17-23(20-10-12-22(13-11-20)27(4)5)28-15-14-19-8-6-7-9-21(19)18-28/h6-13,23H,14-18H2,1-5H3,(H,26,29)/p+1/t23-/m0/s1. The van der Waals surface area contributed by atoms with Crippen LogP contribution in [-0.2, 0) is 17.8 Å². The number of nitrogens with one attached hydrogen (secondary N) is 2. The minimum absolute atomic E-state index is 0.00383. The van der Waals surface area contributed by atoms with Gasteiger partial charge in [0.05, 0.1) is 13.1 Å². The Kier molecular flexibility index (Phi) is 6.63. The molecule has 0 aliphatic carbocycles. The molecule has 1 amide bonds. The molecule has 0 bridgehead atoms. The number of carbonyl (C=O) groups excluding carboxylic acids is 1. The van der Waals surface area contributed by atoms with Crippen LogP contribution >= 0.6 is 0 Å². The molecule has 0 spiro atoms. The van der Waals surface area contributed by atoms with E-state index in [9.17, 15) is 4.79 Å². The Bertz CT molecular complexity index is 821. The van der Waals surface area contributed by atoms with Crippen molar-refractivity contribution in [1.29, 1.82) is 0 Å². The van der Waals surface area contributed by atoms with Crippen LogP contribution in [0, 0.1) is 5.41 Å². The summed E-state index contributed by atoms with van der Waals surface area (Å²) in [5.41, 5.74) is 5.40. The summed E-state index contributed by atoms with van der Waals surface area (Å²) in [5.74, 6) is 0.143. The lowest BCUT2D eigenvalue weighted by atomic mass is 9.92. The molecule has 156 valence electrons. The summed E-state index contributed by atoms with van der Waals surface area (Å²) >= 11 is 0. The van der Waals surface area contributed by atoms with E-state index < -0.39 is 0 Å². The summed E-state index contributed by atoms with van der Waals surface area (Å²) in [5, 5.41) is 3.23. The van der Waals surface area contributed by atoms with Gasteiger partial charge in [-0.3, -0.25) is 4.79 Å². The first-order chi connectivity index (χ1) is 13.7. The van der Waals surface area contributed by atoms with Crippen LogP contribution in [0.15, 0.2) is 48.5 Å². The second-order valence-corrected chi connectivity index (χ2v) is 9.68. The van der Waals surface area contributed by atoms with Gasteiger partial charge in [0, 0.05) is 43.8 Å². The van der Waals surface area contributed by atoms with Gasteiger partial charge in [0.15, 0.2) is 0 Å². The number of rotatable bonds is 6. The van der Waals surface area contributed by atoms with E-state index in [2.05, 4.69) is 93.6 Å². The van der Waals surface area contributed by atoms with Crippen molar-refractivity contribution in [3.8, 4) is 0 Å². The molecule has 0 fully saturated rings. The first kappa shape index (κ1) is 21.4. The van der Waals surface area contributed by atoms with Crippen molar-refractivity contribution in [3.63, 3.8) is 0 Å². The molecule has 1 unspecified atom stereocenters. The number of anilines is 1. The van der Waals surface area contributed by atoms with Gasteiger partial charge in [0.25, 0.3) is 0 Å². The Morgan fingerprint density at radius 3 is 2.34 bits per heavy atom. The molecule has 0 radical (unpaired) electrons. The zero-order valence-electron chi connectivity index (χ0n) is 18.6. The zero-order chi connectivity index (χ0) is 21.0. The van der Waals surface area contributed by atoms with Crippen molar-refractivity contribution in [2.75, 3.05) is 32.1 Å². The van der Waals surface area contributed by atoms with Gasteiger partial charge in [0.1, 0.15) is 12.6 Å². The van der Waals surface area contributed by atoms with E-state index in [-0.39, 0.29) is 17.4 Å². The Morgan fingerprint density at radius 1 is 1.07 bits per heavy atom. The van der Waals surface area contributed by atoms with Crippen LogP contribution in [0.5, 0.6) is 0 Å². The molecule has 2 N–H and O–H groups in total. The third-order valence-electron chi connectivity index (χ3n) is 5.75. The fourth-order valence-corrected chi connectivity index (χ4v) is 4.16. The number of hydrogen-bond donors (Lipinski definition) is 2. The minimum Gasteiger partial charge on any atom is -0.378 e. The van der Waals surface area contributed by atoms with Crippen LogP contribution in [0.25, 0.3) is 0 Å². The lowest BCUT2D eigenvalue weighted by molar-refractivity contribution is -0.945. The highest BCUT2D eigenvalue weighted by Gasteiger charge is 2.29. The van der Waals surface area contributed by atoms with Crippen molar-refractivity contribution in [2.24, 2.45) is 5.41 Å². The maximum atomic E-state index is 12.5. The number of fused-ring (bicyclic) bond motifs is 1. The van der Waals surface area contributed by atoms with Crippen molar-refractivity contribution in [2.45, 2.75) is 46.2 Å². The molecule has 29 heavy (non-hydrogen) atoms. The smallest absolute Gasteiger partial charge is 0.220 e. The SMILES string of the molecule is CN(C)c1ccc([C@H](CNC(=O)CC(C)(C)C)[NH+]2CCc3ccccc3C2)cc1. The Morgan fingerprint density at radius 2 is 1.72 bits per heavy atom. The fraction of sp³-hybridized carbons (Fsp3) is 0.480. The van der Waals surface area contributed by atoms with Crippen molar-refractivity contribution < 1.29 is 9.69 Å². The first-order valence-electron chi connectivity index (χ1n) is 10.7. The Balaban J connectivity index is 1.79. The second-order valence-electron chi connectivity index (χ2n) is 9.68. The normalized spacial score (nSPS) is 17.3. The molecule has 4 nitrogen and oxygen atoms in total. The Labute approximate surface area is 175 Å². The van der Waals surface area contributed by atoms with E-state index in [0.717, 1.165) is 19.5 Å². The summed E-state index contributed by atoms with van der Waals surface area (Å²) < 4.78 is 0. The molecule has 1 aliphatic rings. The van der Waals surface area contributed by atoms with Gasteiger partial charge >= 0.3 is 0 Å². The number of quaternary nitrogens is 1. The van der Waals surface area contributed by atoms with E-state index in [0.29, 0.717) is 13.0 Å². The van der Waals surface area contributed by atoms with Crippen LogP contribution in [0.4, 0.5) is 5.69 Å². The van der Waals surface area contributed by atoms with Crippen LogP contribution < -0.4 is 15.1 Å². The second kappa shape index (κ2) is 9.00. The molecular formula is C25H36N3O+. The van der Waals surface area contributed by atoms with Gasteiger partial charge in [-0.1, -0.05) is 57.2 Å². The van der Waals surface area contributed by atoms with E-state index >= 15 is 0 Å². The summed E-state index contributed by atoms with van der Waals surface area (Å²) in [7, 11) is 4.12. The van der Waals surface area contributed by atoms with Crippen LogP contribution in [0.3, 0.4) is 0 Å². The molecule has 3 rings (SSSR count). The lowest BCUT2D eigenvalue weighted by Crippen LogP contribution is -3.12. The summed E-state index contributed by atoms with van der Waals surface area (Å²) in [4.78, 5) is 16.1. The van der Waals surface area contributed by atoms with Crippen molar-refractivity contribution in [3.05, 3.63) is 65.2 Å². The van der Waals surface area contributed by atoms with Crippen LogP contribution in [0.2, 0.25) is 0 Å². The highest BCUT2D eigenvalue weighted by molar-refractivity contribution is 5.76. The van der Waals surface area contributed by atoms with E-state index in [1.165, 1.54) is 27.3 Å². The molecule has 4 heteroatoms.